The number of aliphatic hydroxyl groups is 1. The Morgan fingerprint density at radius 2 is 2.24 bits per heavy atom. The Kier molecular flexibility index (Phi) is 3.02. The maximum Gasteiger partial charge on any atom is 0.322 e. The zero-order valence-electron chi connectivity index (χ0n) is 8.40. The molecule has 17 heavy (non-hydrogen) atoms. The average molecular weight is 259 g/mol. The topological polar surface area (TPSA) is 114 Å². The van der Waals surface area contributed by atoms with Crippen LogP contribution in [-0.2, 0) is 14.9 Å². The van der Waals surface area contributed by atoms with Crippen LogP contribution in [0.15, 0.2) is 41.0 Å². The SMILES string of the molecule is O=S(=O)(NC1=CC=COC1O)Nc1ccon1. The minimum absolute atomic E-state index is 0.0107. The van der Waals surface area contributed by atoms with Crippen LogP contribution in [0.2, 0.25) is 0 Å². The van der Waals surface area contributed by atoms with Gasteiger partial charge < -0.3 is 14.4 Å². The maximum atomic E-state index is 11.6. The summed E-state index contributed by atoms with van der Waals surface area (Å²) in [5.41, 5.74) is -0.0107. The van der Waals surface area contributed by atoms with Crippen molar-refractivity contribution in [3.05, 3.63) is 36.4 Å². The van der Waals surface area contributed by atoms with Crippen molar-refractivity contribution in [3.8, 4) is 0 Å². The quantitative estimate of drug-likeness (QED) is 0.682. The van der Waals surface area contributed by atoms with Crippen molar-refractivity contribution >= 4 is 16.0 Å². The lowest BCUT2D eigenvalue weighted by atomic mass is 10.3. The summed E-state index contributed by atoms with van der Waals surface area (Å²) in [5.74, 6) is 0.0276. The first-order valence-corrected chi connectivity index (χ1v) is 5.96. The van der Waals surface area contributed by atoms with E-state index in [9.17, 15) is 13.5 Å². The first kappa shape index (κ1) is 11.5. The fourth-order valence-electron chi connectivity index (χ4n) is 1.09. The number of rotatable bonds is 4. The standard InChI is InChI=1S/C8H9N3O5S/c12-8-6(2-1-4-15-8)10-17(13,14)11-7-3-5-16-9-7/h1-5,8,10,12H,(H,9,11). The second-order valence-corrected chi connectivity index (χ2v) is 4.45. The van der Waals surface area contributed by atoms with Crippen LogP contribution in [0.25, 0.3) is 0 Å². The largest absolute Gasteiger partial charge is 0.467 e. The number of aliphatic hydroxyl groups excluding tert-OH is 1. The van der Waals surface area contributed by atoms with Gasteiger partial charge in [-0.25, -0.2) is 4.72 Å². The molecular weight excluding hydrogens is 250 g/mol. The minimum atomic E-state index is -3.90. The zero-order valence-corrected chi connectivity index (χ0v) is 9.22. The number of allylic oxidation sites excluding steroid dienone is 2. The summed E-state index contributed by atoms with van der Waals surface area (Å²) in [5, 5.41) is 12.7. The molecule has 0 amide bonds. The monoisotopic (exact) mass is 259 g/mol. The molecule has 0 fully saturated rings. The average Bonchev–Trinajstić information content (AvgIpc) is 2.73. The third kappa shape index (κ3) is 2.98. The van der Waals surface area contributed by atoms with Gasteiger partial charge in [0.2, 0.25) is 6.29 Å². The molecule has 0 bridgehead atoms. The molecule has 1 aliphatic heterocycles. The number of nitrogens with one attached hydrogen (secondary N) is 2. The van der Waals surface area contributed by atoms with Crippen LogP contribution in [0.1, 0.15) is 0 Å². The van der Waals surface area contributed by atoms with Gasteiger partial charge in [-0.2, -0.15) is 8.42 Å². The molecule has 2 rings (SSSR count). The highest BCUT2D eigenvalue weighted by Crippen LogP contribution is 2.10. The molecule has 0 aliphatic carbocycles. The molecule has 0 saturated carbocycles. The third-order valence-corrected chi connectivity index (χ3v) is 2.74. The van der Waals surface area contributed by atoms with Crippen molar-refractivity contribution in [2.24, 2.45) is 0 Å². The van der Waals surface area contributed by atoms with Gasteiger partial charge in [0.15, 0.2) is 5.82 Å². The molecule has 0 radical (unpaired) electrons. The normalized spacial score (nSPS) is 19.4. The molecule has 0 saturated heterocycles. The van der Waals surface area contributed by atoms with E-state index in [0.717, 1.165) is 0 Å². The number of hydrogen-bond acceptors (Lipinski definition) is 6. The fourth-order valence-corrected chi connectivity index (χ4v) is 2.00. The number of anilines is 1. The van der Waals surface area contributed by atoms with E-state index in [-0.39, 0.29) is 11.5 Å². The predicted octanol–water partition coefficient (Wildman–Crippen LogP) is -0.333. The van der Waals surface area contributed by atoms with E-state index < -0.39 is 16.5 Å². The number of nitrogens with zero attached hydrogens (tertiary/aromatic N) is 1. The summed E-state index contributed by atoms with van der Waals surface area (Å²) in [7, 11) is -3.90. The van der Waals surface area contributed by atoms with Crippen LogP contribution in [0, 0.1) is 0 Å². The second kappa shape index (κ2) is 4.47. The lowest BCUT2D eigenvalue weighted by Crippen LogP contribution is -2.35. The van der Waals surface area contributed by atoms with Gasteiger partial charge in [-0.05, 0) is 12.2 Å². The van der Waals surface area contributed by atoms with Crippen molar-refractivity contribution in [2.45, 2.75) is 6.29 Å². The molecule has 1 unspecified atom stereocenters. The highest BCUT2D eigenvalue weighted by atomic mass is 32.2. The van der Waals surface area contributed by atoms with Crippen LogP contribution in [0.3, 0.4) is 0 Å². The van der Waals surface area contributed by atoms with Crippen LogP contribution in [0.5, 0.6) is 0 Å². The summed E-state index contributed by atoms with van der Waals surface area (Å²) in [4.78, 5) is 0. The van der Waals surface area contributed by atoms with Gasteiger partial charge in [0.05, 0.1) is 12.0 Å². The Morgan fingerprint density at radius 1 is 1.41 bits per heavy atom. The molecule has 92 valence electrons. The highest BCUT2D eigenvalue weighted by Gasteiger charge is 2.20. The van der Waals surface area contributed by atoms with Crippen LogP contribution < -0.4 is 9.44 Å². The zero-order chi connectivity index (χ0) is 12.3. The van der Waals surface area contributed by atoms with Crippen molar-refractivity contribution in [1.82, 2.24) is 9.88 Å². The second-order valence-electron chi connectivity index (χ2n) is 3.03. The first-order valence-electron chi connectivity index (χ1n) is 4.48. The predicted molar refractivity (Wildman–Crippen MR) is 56.5 cm³/mol. The Morgan fingerprint density at radius 3 is 2.88 bits per heavy atom. The van der Waals surface area contributed by atoms with Gasteiger partial charge in [-0.3, -0.25) is 4.72 Å². The summed E-state index contributed by atoms with van der Waals surface area (Å²) < 4.78 is 36.5. The van der Waals surface area contributed by atoms with Crippen molar-refractivity contribution in [3.63, 3.8) is 0 Å². The minimum Gasteiger partial charge on any atom is -0.467 e. The number of aromatic nitrogens is 1. The Hall–Kier alpha value is -2.00. The Labute approximate surface area is 96.7 Å². The molecule has 0 spiro atoms. The molecule has 2 heterocycles. The summed E-state index contributed by atoms with van der Waals surface area (Å²) in [6.45, 7) is 0. The molecule has 8 nitrogen and oxygen atoms in total. The Bertz CT molecular complexity index is 534. The van der Waals surface area contributed by atoms with E-state index in [2.05, 4.69) is 23.9 Å². The van der Waals surface area contributed by atoms with Crippen molar-refractivity contribution < 1.29 is 22.8 Å². The van der Waals surface area contributed by atoms with Gasteiger partial charge in [0.25, 0.3) is 0 Å². The van der Waals surface area contributed by atoms with Crippen molar-refractivity contribution in [2.75, 3.05) is 4.72 Å². The lowest BCUT2D eigenvalue weighted by molar-refractivity contribution is -0.0257. The van der Waals surface area contributed by atoms with Crippen LogP contribution >= 0.6 is 0 Å². The van der Waals surface area contributed by atoms with Gasteiger partial charge >= 0.3 is 10.2 Å². The number of hydrogen-bond donors (Lipinski definition) is 3. The van der Waals surface area contributed by atoms with E-state index in [1.807, 2.05) is 0 Å². The van der Waals surface area contributed by atoms with Gasteiger partial charge in [0, 0.05) is 6.07 Å². The van der Waals surface area contributed by atoms with Crippen LogP contribution in [-0.4, -0.2) is 25.0 Å². The molecule has 1 atom stereocenters. The van der Waals surface area contributed by atoms with E-state index in [4.69, 9.17) is 0 Å². The van der Waals surface area contributed by atoms with E-state index in [1.165, 1.54) is 30.7 Å². The van der Waals surface area contributed by atoms with Crippen LogP contribution in [0.4, 0.5) is 5.82 Å². The van der Waals surface area contributed by atoms with Crippen molar-refractivity contribution in [1.29, 1.82) is 0 Å². The maximum absolute atomic E-state index is 11.6. The first-order chi connectivity index (χ1) is 8.07. The summed E-state index contributed by atoms with van der Waals surface area (Å²) in [6.07, 6.45) is 3.93. The molecule has 0 aromatic carbocycles. The van der Waals surface area contributed by atoms with Gasteiger partial charge in [-0.15, -0.1) is 0 Å². The Balaban J connectivity index is 2.07. The van der Waals surface area contributed by atoms with E-state index in [1.54, 1.807) is 0 Å². The van der Waals surface area contributed by atoms with Gasteiger partial charge in [0.1, 0.15) is 6.26 Å². The molecule has 1 aromatic heterocycles. The van der Waals surface area contributed by atoms with E-state index >= 15 is 0 Å². The smallest absolute Gasteiger partial charge is 0.322 e. The number of ether oxygens (including phenoxy) is 1. The summed E-state index contributed by atoms with van der Waals surface area (Å²) in [6, 6.07) is 1.33. The lowest BCUT2D eigenvalue weighted by Gasteiger charge is -2.18. The van der Waals surface area contributed by atoms with E-state index in [0.29, 0.717) is 0 Å². The molecule has 3 N–H and O–H groups in total. The fraction of sp³-hybridized carbons (Fsp3) is 0.125. The molecular formula is C8H9N3O5S. The highest BCUT2D eigenvalue weighted by molar-refractivity contribution is 7.90. The third-order valence-electron chi connectivity index (χ3n) is 1.76. The molecule has 1 aliphatic rings. The van der Waals surface area contributed by atoms with Gasteiger partial charge in [-0.1, -0.05) is 5.16 Å². The molecule has 9 heteroatoms. The molecule has 1 aromatic rings. The summed E-state index contributed by atoms with van der Waals surface area (Å²) >= 11 is 0.